The maximum Gasteiger partial charge on any atom is 0.242 e. The van der Waals surface area contributed by atoms with E-state index in [9.17, 15) is 13.2 Å². The molecule has 152 valence electrons. The van der Waals surface area contributed by atoms with E-state index in [1.165, 1.54) is 11.4 Å². The number of hydrogen-bond acceptors (Lipinski definition) is 4. The minimum Gasteiger partial charge on any atom is -0.491 e. The summed E-state index contributed by atoms with van der Waals surface area (Å²) in [5, 5.41) is 2.87. The molecule has 0 unspecified atom stereocenters. The lowest BCUT2D eigenvalue weighted by atomic mass is 10.2. The fourth-order valence-electron chi connectivity index (χ4n) is 2.60. The maximum atomic E-state index is 12.4. The molecule has 0 aromatic heterocycles. The van der Waals surface area contributed by atoms with Crippen molar-refractivity contribution in [3.63, 3.8) is 0 Å². The molecule has 1 N–H and O–H groups in total. The topological polar surface area (TPSA) is 75.7 Å². The van der Waals surface area contributed by atoms with Crippen LogP contribution >= 0.6 is 0 Å². The van der Waals surface area contributed by atoms with Crippen LogP contribution in [-0.4, -0.2) is 44.9 Å². The molecule has 2 aromatic rings. The molecule has 0 radical (unpaired) electrons. The molecule has 6 nitrogen and oxygen atoms in total. The Balaban J connectivity index is 1.71. The number of hydrogen-bond donors (Lipinski definition) is 1. The molecule has 0 bridgehead atoms. The van der Waals surface area contributed by atoms with Gasteiger partial charge in [0.05, 0.1) is 10.9 Å². The van der Waals surface area contributed by atoms with Crippen LogP contribution in [0.5, 0.6) is 5.75 Å². The number of benzene rings is 2. The first-order valence-corrected chi connectivity index (χ1v) is 10.7. The number of rotatable bonds is 10. The lowest BCUT2D eigenvalue weighted by molar-refractivity contribution is -0.122. The van der Waals surface area contributed by atoms with Gasteiger partial charge in [-0.15, -0.1) is 0 Å². The standard InChI is InChI=1S/C21H28N2O4S/c1-17-11-13-19(14-12-17)27-16-18(2)22-21(24)10-7-15-23(3)28(25,26)20-8-5-4-6-9-20/h4-6,8-9,11-14,18H,7,10,15-16H2,1-3H3,(H,22,24)/t18-/m0/s1. The average molecular weight is 405 g/mol. The number of sulfonamides is 1. The monoisotopic (exact) mass is 404 g/mol. The lowest BCUT2D eigenvalue weighted by Crippen LogP contribution is -2.37. The van der Waals surface area contributed by atoms with E-state index < -0.39 is 10.0 Å². The zero-order valence-corrected chi connectivity index (χ0v) is 17.4. The molecule has 0 saturated carbocycles. The second-order valence-electron chi connectivity index (χ2n) is 6.84. The van der Waals surface area contributed by atoms with Gasteiger partial charge in [0, 0.05) is 20.0 Å². The molecule has 0 aliphatic heterocycles. The molecule has 0 saturated heterocycles. The quantitative estimate of drug-likeness (QED) is 0.661. The fraction of sp³-hybridized carbons (Fsp3) is 0.381. The Kier molecular flexibility index (Phi) is 8.02. The Labute approximate surface area is 167 Å². The fourth-order valence-corrected chi connectivity index (χ4v) is 3.83. The van der Waals surface area contributed by atoms with E-state index in [1.54, 1.807) is 30.3 Å². The molecule has 0 fully saturated rings. The van der Waals surface area contributed by atoms with E-state index in [0.29, 0.717) is 13.0 Å². The highest BCUT2D eigenvalue weighted by atomic mass is 32.2. The Morgan fingerprint density at radius 2 is 1.75 bits per heavy atom. The smallest absolute Gasteiger partial charge is 0.242 e. The van der Waals surface area contributed by atoms with Gasteiger partial charge in [-0.1, -0.05) is 35.9 Å². The zero-order valence-electron chi connectivity index (χ0n) is 16.6. The number of ether oxygens (including phenoxy) is 1. The molecule has 2 aromatic carbocycles. The summed E-state index contributed by atoms with van der Waals surface area (Å²) in [4.78, 5) is 12.3. The molecular weight excluding hydrogens is 376 g/mol. The van der Waals surface area contributed by atoms with Crippen LogP contribution in [0.15, 0.2) is 59.5 Å². The van der Waals surface area contributed by atoms with E-state index in [0.717, 1.165) is 11.3 Å². The molecule has 0 aliphatic rings. The van der Waals surface area contributed by atoms with Gasteiger partial charge in [0.25, 0.3) is 0 Å². The molecule has 0 aliphatic carbocycles. The van der Waals surface area contributed by atoms with Gasteiger partial charge >= 0.3 is 0 Å². The van der Waals surface area contributed by atoms with Crippen LogP contribution in [-0.2, 0) is 14.8 Å². The summed E-state index contributed by atoms with van der Waals surface area (Å²) >= 11 is 0. The van der Waals surface area contributed by atoms with Crippen molar-refractivity contribution in [1.82, 2.24) is 9.62 Å². The predicted octanol–water partition coefficient (Wildman–Crippen LogP) is 2.98. The SMILES string of the molecule is Cc1ccc(OC[C@H](C)NC(=O)CCCN(C)S(=O)(=O)c2ccccc2)cc1. The first-order chi connectivity index (χ1) is 13.3. The van der Waals surface area contributed by atoms with Crippen LogP contribution in [0.3, 0.4) is 0 Å². The molecule has 0 heterocycles. The lowest BCUT2D eigenvalue weighted by Gasteiger charge is -2.18. The number of aryl methyl sites for hydroxylation is 1. The third-order valence-electron chi connectivity index (χ3n) is 4.26. The highest BCUT2D eigenvalue weighted by Gasteiger charge is 2.20. The van der Waals surface area contributed by atoms with Gasteiger partial charge < -0.3 is 10.1 Å². The average Bonchev–Trinajstić information content (AvgIpc) is 2.68. The predicted molar refractivity (Wildman–Crippen MR) is 110 cm³/mol. The third kappa shape index (κ3) is 6.65. The highest BCUT2D eigenvalue weighted by molar-refractivity contribution is 7.89. The van der Waals surface area contributed by atoms with Gasteiger partial charge in [0.1, 0.15) is 12.4 Å². The molecule has 7 heteroatoms. The Morgan fingerprint density at radius 3 is 2.39 bits per heavy atom. The number of carbonyl (C=O) groups excluding carboxylic acids is 1. The molecule has 2 rings (SSSR count). The van der Waals surface area contributed by atoms with Crippen molar-refractivity contribution < 1.29 is 17.9 Å². The van der Waals surface area contributed by atoms with Crippen LogP contribution in [0.4, 0.5) is 0 Å². The molecular formula is C21H28N2O4S. The Morgan fingerprint density at radius 1 is 1.11 bits per heavy atom. The van der Waals surface area contributed by atoms with Crippen molar-refractivity contribution in [3.8, 4) is 5.75 Å². The summed E-state index contributed by atoms with van der Waals surface area (Å²) in [5.41, 5.74) is 1.16. The van der Waals surface area contributed by atoms with Gasteiger partial charge in [0.15, 0.2) is 0 Å². The highest BCUT2D eigenvalue weighted by Crippen LogP contribution is 2.14. The second kappa shape index (κ2) is 10.2. The summed E-state index contributed by atoms with van der Waals surface area (Å²) in [7, 11) is -1.99. The van der Waals surface area contributed by atoms with Crippen molar-refractivity contribution in [1.29, 1.82) is 0 Å². The third-order valence-corrected chi connectivity index (χ3v) is 6.13. The van der Waals surface area contributed by atoms with Crippen LogP contribution < -0.4 is 10.1 Å². The molecule has 0 spiro atoms. The van der Waals surface area contributed by atoms with Crippen molar-refractivity contribution >= 4 is 15.9 Å². The van der Waals surface area contributed by atoms with Crippen molar-refractivity contribution in [2.75, 3.05) is 20.2 Å². The van der Waals surface area contributed by atoms with E-state index >= 15 is 0 Å². The summed E-state index contributed by atoms with van der Waals surface area (Å²) in [6, 6.07) is 15.9. The summed E-state index contributed by atoms with van der Waals surface area (Å²) < 4.78 is 31.8. The minimum atomic E-state index is -3.52. The van der Waals surface area contributed by atoms with Crippen molar-refractivity contribution in [3.05, 3.63) is 60.2 Å². The zero-order chi connectivity index (χ0) is 20.6. The van der Waals surface area contributed by atoms with Crippen LogP contribution in [0.25, 0.3) is 0 Å². The van der Waals surface area contributed by atoms with Gasteiger partial charge in [-0.05, 0) is 44.5 Å². The molecule has 1 amide bonds. The number of nitrogens with zero attached hydrogens (tertiary/aromatic N) is 1. The summed E-state index contributed by atoms with van der Waals surface area (Å²) in [6.45, 7) is 4.53. The van der Waals surface area contributed by atoms with Crippen molar-refractivity contribution in [2.45, 2.75) is 37.6 Å². The van der Waals surface area contributed by atoms with Crippen LogP contribution in [0, 0.1) is 6.92 Å². The number of carbonyl (C=O) groups is 1. The van der Waals surface area contributed by atoms with Crippen LogP contribution in [0.1, 0.15) is 25.3 Å². The van der Waals surface area contributed by atoms with E-state index in [-0.39, 0.29) is 29.8 Å². The van der Waals surface area contributed by atoms with Gasteiger partial charge in [-0.25, -0.2) is 12.7 Å². The first-order valence-electron chi connectivity index (χ1n) is 9.29. The second-order valence-corrected chi connectivity index (χ2v) is 8.88. The van der Waals surface area contributed by atoms with Gasteiger partial charge in [-0.3, -0.25) is 4.79 Å². The van der Waals surface area contributed by atoms with E-state index in [2.05, 4.69) is 5.32 Å². The van der Waals surface area contributed by atoms with E-state index in [4.69, 9.17) is 4.74 Å². The number of amides is 1. The summed E-state index contributed by atoms with van der Waals surface area (Å²) in [6.07, 6.45) is 0.698. The largest absolute Gasteiger partial charge is 0.491 e. The van der Waals surface area contributed by atoms with E-state index in [1.807, 2.05) is 38.1 Å². The van der Waals surface area contributed by atoms with Gasteiger partial charge in [-0.2, -0.15) is 0 Å². The minimum absolute atomic E-state index is 0.120. The normalized spacial score (nSPS) is 12.6. The van der Waals surface area contributed by atoms with Crippen molar-refractivity contribution in [2.24, 2.45) is 0 Å². The number of nitrogens with one attached hydrogen (secondary N) is 1. The van der Waals surface area contributed by atoms with Gasteiger partial charge in [0.2, 0.25) is 15.9 Å². The first kappa shape index (κ1) is 21.9. The maximum absolute atomic E-state index is 12.4. The Bertz CT molecular complexity index is 852. The Hall–Kier alpha value is -2.38. The molecule has 28 heavy (non-hydrogen) atoms. The van der Waals surface area contributed by atoms with Crippen LogP contribution in [0.2, 0.25) is 0 Å². The molecule has 1 atom stereocenters. The summed E-state index contributed by atoms with van der Waals surface area (Å²) in [5.74, 6) is 0.643.